The average molecular weight is 285 g/mol. The summed E-state index contributed by atoms with van der Waals surface area (Å²) in [6.07, 6.45) is 7.84. The molecule has 1 atom stereocenters. The highest BCUT2D eigenvalue weighted by Gasteiger charge is 2.25. The van der Waals surface area contributed by atoms with E-state index in [2.05, 4.69) is 52.7 Å². The first-order valence-corrected chi connectivity index (χ1v) is 6.89. The topological polar surface area (TPSA) is 25.8 Å². The molecule has 90 valence electrons. The molecule has 0 saturated heterocycles. The summed E-state index contributed by atoms with van der Waals surface area (Å²) in [5.41, 5.74) is 1.36. The second-order valence-corrected chi connectivity index (χ2v) is 5.41. The minimum Gasteiger partial charge on any atom is -0.241 e. The van der Waals surface area contributed by atoms with Gasteiger partial charge >= 0.3 is 0 Å². The van der Waals surface area contributed by atoms with E-state index in [0.717, 1.165) is 16.7 Å². The molecule has 0 bridgehead atoms. The number of hydrogen-bond donors (Lipinski definition) is 0. The van der Waals surface area contributed by atoms with Gasteiger partial charge in [0.1, 0.15) is 10.9 Å². The monoisotopic (exact) mass is 284 g/mol. The van der Waals surface area contributed by atoms with Crippen molar-refractivity contribution in [1.29, 1.82) is 0 Å². The number of aromatic nitrogens is 2. The van der Waals surface area contributed by atoms with Crippen molar-refractivity contribution in [1.82, 2.24) is 9.97 Å². The number of unbranched alkanes of at least 4 members (excludes halogenated alkanes) is 2. The number of nitrogens with zero attached hydrogens (tertiary/aromatic N) is 2. The maximum absolute atomic E-state index is 4.42. The number of halogens is 1. The predicted molar refractivity (Wildman–Crippen MR) is 71.5 cm³/mol. The highest BCUT2D eigenvalue weighted by atomic mass is 79.9. The molecule has 2 nitrogen and oxygen atoms in total. The van der Waals surface area contributed by atoms with Crippen LogP contribution in [0.4, 0.5) is 0 Å². The Morgan fingerprint density at radius 2 is 2.00 bits per heavy atom. The zero-order valence-electron chi connectivity index (χ0n) is 10.5. The Labute approximate surface area is 107 Å². The predicted octanol–water partition coefficient (Wildman–Crippen LogP) is 4.49. The summed E-state index contributed by atoms with van der Waals surface area (Å²) in [6.45, 7) is 6.78. The SMILES string of the molecule is CCCCCC(C)(CC)c1cc(Br)ncn1. The lowest BCUT2D eigenvalue weighted by atomic mass is 9.79. The van der Waals surface area contributed by atoms with Gasteiger partial charge in [-0.05, 0) is 34.8 Å². The van der Waals surface area contributed by atoms with E-state index in [-0.39, 0.29) is 5.41 Å². The quantitative estimate of drug-likeness (QED) is 0.568. The van der Waals surface area contributed by atoms with E-state index in [1.807, 2.05) is 0 Å². The van der Waals surface area contributed by atoms with E-state index in [1.165, 1.54) is 25.7 Å². The van der Waals surface area contributed by atoms with Gasteiger partial charge in [0, 0.05) is 5.41 Å². The van der Waals surface area contributed by atoms with Gasteiger partial charge in [-0.3, -0.25) is 0 Å². The summed E-state index contributed by atoms with van der Waals surface area (Å²) in [4.78, 5) is 8.51. The molecule has 0 fully saturated rings. The highest BCUT2D eigenvalue weighted by Crippen LogP contribution is 2.32. The summed E-state index contributed by atoms with van der Waals surface area (Å²) in [6, 6.07) is 2.05. The van der Waals surface area contributed by atoms with Gasteiger partial charge in [-0.2, -0.15) is 0 Å². The average Bonchev–Trinajstić information content (AvgIpc) is 2.29. The van der Waals surface area contributed by atoms with E-state index in [1.54, 1.807) is 6.33 Å². The van der Waals surface area contributed by atoms with Gasteiger partial charge in [0.05, 0.1) is 5.69 Å². The molecular weight excluding hydrogens is 264 g/mol. The summed E-state index contributed by atoms with van der Waals surface area (Å²) in [5.74, 6) is 0. The molecule has 0 aliphatic heterocycles. The van der Waals surface area contributed by atoms with Crippen molar-refractivity contribution >= 4 is 15.9 Å². The van der Waals surface area contributed by atoms with Crippen LogP contribution in [0.15, 0.2) is 17.0 Å². The Hall–Kier alpha value is -0.440. The molecule has 1 rings (SSSR count). The minimum atomic E-state index is 0.195. The lowest BCUT2D eigenvalue weighted by Gasteiger charge is -2.27. The Kier molecular flexibility index (Phi) is 5.39. The smallest absolute Gasteiger partial charge is 0.116 e. The molecule has 16 heavy (non-hydrogen) atoms. The van der Waals surface area contributed by atoms with Crippen molar-refractivity contribution < 1.29 is 0 Å². The molecule has 1 heterocycles. The van der Waals surface area contributed by atoms with Crippen molar-refractivity contribution in [2.24, 2.45) is 0 Å². The fraction of sp³-hybridized carbons (Fsp3) is 0.692. The lowest BCUT2D eigenvalue weighted by Crippen LogP contribution is -2.22. The Bertz CT molecular complexity index is 327. The standard InChI is InChI=1S/C13H21BrN2/c1-4-6-7-8-13(3,5-2)11-9-12(14)16-10-15-11/h9-10H,4-8H2,1-3H3. The van der Waals surface area contributed by atoms with Crippen LogP contribution in [-0.2, 0) is 5.41 Å². The third-order valence-corrected chi connectivity index (χ3v) is 3.80. The normalized spacial score (nSPS) is 14.8. The van der Waals surface area contributed by atoms with Crippen LogP contribution in [0, 0.1) is 0 Å². The van der Waals surface area contributed by atoms with Gasteiger partial charge in [0.15, 0.2) is 0 Å². The van der Waals surface area contributed by atoms with Gasteiger partial charge in [-0.15, -0.1) is 0 Å². The summed E-state index contributed by atoms with van der Waals surface area (Å²) in [7, 11) is 0. The highest BCUT2D eigenvalue weighted by molar-refractivity contribution is 9.10. The summed E-state index contributed by atoms with van der Waals surface area (Å²) >= 11 is 3.41. The fourth-order valence-corrected chi connectivity index (χ4v) is 2.22. The van der Waals surface area contributed by atoms with Gasteiger partial charge in [0.25, 0.3) is 0 Å². The van der Waals surface area contributed by atoms with E-state index in [4.69, 9.17) is 0 Å². The maximum atomic E-state index is 4.42. The maximum Gasteiger partial charge on any atom is 0.116 e. The zero-order chi connectivity index (χ0) is 12.0. The first kappa shape index (κ1) is 13.6. The molecule has 0 radical (unpaired) electrons. The van der Waals surface area contributed by atoms with Crippen LogP contribution in [0.2, 0.25) is 0 Å². The van der Waals surface area contributed by atoms with Crippen molar-refractivity contribution in [2.45, 2.75) is 58.3 Å². The molecule has 1 unspecified atom stereocenters. The minimum absolute atomic E-state index is 0.195. The Morgan fingerprint density at radius 3 is 2.56 bits per heavy atom. The molecule has 1 aromatic heterocycles. The first-order valence-electron chi connectivity index (χ1n) is 6.10. The lowest BCUT2D eigenvalue weighted by molar-refractivity contribution is 0.387. The molecule has 0 aliphatic carbocycles. The van der Waals surface area contributed by atoms with Crippen LogP contribution in [0.25, 0.3) is 0 Å². The van der Waals surface area contributed by atoms with E-state index < -0.39 is 0 Å². The molecule has 0 spiro atoms. The van der Waals surface area contributed by atoms with E-state index >= 15 is 0 Å². The van der Waals surface area contributed by atoms with Crippen LogP contribution in [0.5, 0.6) is 0 Å². The number of hydrogen-bond acceptors (Lipinski definition) is 2. The Morgan fingerprint density at radius 1 is 1.25 bits per heavy atom. The van der Waals surface area contributed by atoms with Crippen LogP contribution in [-0.4, -0.2) is 9.97 Å². The van der Waals surface area contributed by atoms with Crippen molar-refractivity contribution in [3.05, 3.63) is 22.7 Å². The second kappa shape index (κ2) is 6.33. The molecule has 0 N–H and O–H groups in total. The van der Waals surface area contributed by atoms with Crippen LogP contribution in [0.1, 0.15) is 58.6 Å². The van der Waals surface area contributed by atoms with Gasteiger partial charge in [0.2, 0.25) is 0 Å². The van der Waals surface area contributed by atoms with Crippen LogP contribution < -0.4 is 0 Å². The largest absolute Gasteiger partial charge is 0.241 e. The molecule has 0 amide bonds. The number of rotatable bonds is 6. The fourth-order valence-electron chi connectivity index (χ4n) is 1.91. The first-order chi connectivity index (χ1) is 7.62. The Balaban J connectivity index is 2.78. The molecule has 0 aliphatic rings. The third kappa shape index (κ3) is 3.55. The van der Waals surface area contributed by atoms with Crippen molar-refractivity contribution in [3.8, 4) is 0 Å². The van der Waals surface area contributed by atoms with Crippen molar-refractivity contribution in [3.63, 3.8) is 0 Å². The van der Waals surface area contributed by atoms with Crippen LogP contribution in [0.3, 0.4) is 0 Å². The zero-order valence-corrected chi connectivity index (χ0v) is 12.0. The van der Waals surface area contributed by atoms with E-state index in [9.17, 15) is 0 Å². The molecular formula is C13H21BrN2. The molecule has 0 saturated carbocycles. The molecule has 1 aromatic rings. The van der Waals surface area contributed by atoms with Gasteiger partial charge in [-0.25, -0.2) is 9.97 Å². The van der Waals surface area contributed by atoms with Crippen LogP contribution >= 0.6 is 15.9 Å². The molecule has 3 heteroatoms. The summed E-state index contributed by atoms with van der Waals surface area (Å²) in [5, 5.41) is 0. The molecule has 0 aromatic carbocycles. The second-order valence-electron chi connectivity index (χ2n) is 4.60. The van der Waals surface area contributed by atoms with Crippen molar-refractivity contribution in [2.75, 3.05) is 0 Å². The van der Waals surface area contributed by atoms with Gasteiger partial charge in [-0.1, -0.05) is 40.0 Å². The van der Waals surface area contributed by atoms with E-state index in [0.29, 0.717) is 0 Å². The third-order valence-electron chi connectivity index (χ3n) is 3.36. The van der Waals surface area contributed by atoms with Gasteiger partial charge < -0.3 is 0 Å². The summed E-state index contributed by atoms with van der Waals surface area (Å²) < 4.78 is 0.882.